The molecule has 1 aromatic carbocycles. The van der Waals surface area contributed by atoms with Crippen LogP contribution >= 0.6 is 0 Å². The number of nitrogens with one attached hydrogen (secondary N) is 1. The van der Waals surface area contributed by atoms with Crippen molar-refractivity contribution in [2.75, 3.05) is 24.7 Å². The van der Waals surface area contributed by atoms with Gasteiger partial charge in [0.2, 0.25) is 0 Å². The van der Waals surface area contributed by atoms with Gasteiger partial charge in [0.1, 0.15) is 9.84 Å². The number of carbonyl (C=O) groups is 1. The minimum Gasteiger partial charge on any atom is -0.324 e. The zero-order valence-electron chi connectivity index (χ0n) is 12.7. The fourth-order valence-corrected chi connectivity index (χ4v) is 3.80. The summed E-state index contributed by atoms with van der Waals surface area (Å²) in [6.45, 7) is 4.93. The Morgan fingerprint density at radius 1 is 1.14 bits per heavy atom. The standard InChI is InChI=1S/C15H22N2O3S/c1-11-8-12(2)10-13(9-11)16-15(18)17-6-4-14(5-7-17)21(3,19)20/h8-10,14H,4-7H2,1-3H3,(H,16,18). The van der Waals surface area contributed by atoms with E-state index in [1.165, 1.54) is 6.26 Å². The minimum absolute atomic E-state index is 0.160. The number of anilines is 1. The predicted molar refractivity (Wildman–Crippen MR) is 84.4 cm³/mol. The Bertz CT molecular complexity index is 612. The van der Waals surface area contributed by atoms with Gasteiger partial charge in [0.05, 0.1) is 5.25 Å². The molecule has 0 bridgehead atoms. The summed E-state index contributed by atoms with van der Waals surface area (Å²) in [5.41, 5.74) is 2.98. The lowest BCUT2D eigenvalue weighted by molar-refractivity contribution is 0.200. The van der Waals surface area contributed by atoms with Gasteiger partial charge in [-0.05, 0) is 49.9 Å². The molecule has 1 aromatic rings. The smallest absolute Gasteiger partial charge is 0.321 e. The molecule has 0 aromatic heterocycles. The number of piperidine rings is 1. The Morgan fingerprint density at radius 2 is 1.67 bits per heavy atom. The molecule has 116 valence electrons. The van der Waals surface area contributed by atoms with E-state index in [9.17, 15) is 13.2 Å². The Balaban J connectivity index is 1.96. The number of amides is 2. The lowest BCUT2D eigenvalue weighted by Crippen LogP contribution is -2.44. The number of hydrogen-bond acceptors (Lipinski definition) is 3. The molecule has 1 fully saturated rings. The van der Waals surface area contributed by atoms with E-state index in [0.29, 0.717) is 25.9 Å². The molecule has 0 spiro atoms. The zero-order valence-corrected chi connectivity index (χ0v) is 13.5. The first-order valence-corrected chi connectivity index (χ1v) is 9.04. The lowest BCUT2D eigenvalue weighted by Gasteiger charge is -2.31. The van der Waals surface area contributed by atoms with Gasteiger partial charge in [-0.1, -0.05) is 6.07 Å². The number of carbonyl (C=O) groups excluding carboxylic acids is 1. The topological polar surface area (TPSA) is 66.5 Å². The van der Waals surface area contributed by atoms with Crippen LogP contribution in [0.15, 0.2) is 18.2 Å². The fraction of sp³-hybridized carbons (Fsp3) is 0.533. The van der Waals surface area contributed by atoms with Crippen molar-refractivity contribution < 1.29 is 13.2 Å². The van der Waals surface area contributed by atoms with E-state index >= 15 is 0 Å². The SMILES string of the molecule is Cc1cc(C)cc(NC(=O)N2CCC(S(C)(=O)=O)CC2)c1. The quantitative estimate of drug-likeness (QED) is 0.912. The monoisotopic (exact) mass is 310 g/mol. The summed E-state index contributed by atoms with van der Waals surface area (Å²) in [7, 11) is -3.00. The molecule has 6 heteroatoms. The maximum Gasteiger partial charge on any atom is 0.321 e. The molecule has 0 radical (unpaired) electrons. The van der Waals surface area contributed by atoms with Gasteiger partial charge in [-0.25, -0.2) is 13.2 Å². The van der Waals surface area contributed by atoms with Crippen molar-refractivity contribution in [3.05, 3.63) is 29.3 Å². The van der Waals surface area contributed by atoms with E-state index in [2.05, 4.69) is 5.32 Å². The van der Waals surface area contributed by atoms with Crippen LogP contribution in [0.25, 0.3) is 0 Å². The fourth-order valence-electron chi connectivity index (χ4n) is 2.74. The highest BCUT2D eigenvalue weighted by Gasteiger charge is 2.28. The number of nitrogens with zero attached hydrogens (tertiary/aromatic N) is 1. The average molecular weight is 310 g/mol. The van der Waals surface area contributed by atoms with Gasteiger partial charge in [-0.3, -0.25) is 0 Å². The van der Waals surface area contributed by atoms with E-state index < -0.39 is 9.84 Å². The molecule has 2 amide bonds. The highest BCUT2D eigenvalue weighted by atomic mass is 32.2. The molecule has 1 N–H and O–H groups in total. The minimum atomic E-state index is -3.00. The first-order valence-electron chi connectivity index (χ1n) is 7.09. The number of benzene rings is 1. The van der Waals surface area contributed by atoms with Gasteiger partial charge in [0.15, 0.2) is 0 Å². The van der Waals surface area contributed by atoms with E-state index in [1.54, 1.807) is 4.90 Å². The maximum absolute atomic E-state index is 12.2. The summed E-state index contributed by atoms with van der Waals surface area (Å²) in [4.78, 5) is 13.9. The Hall–Kier alpha value is -1.56. The van der Waals surface area contributed by atoms with Crippen molar-refractivity contribution >= 4 is 21.6 Å². The van der Waals surface area contributed by atoms with Crippen LogP contribution in [0, 0.1) is 13.8 Å². The van der Waals surface area contributed by atoms with Crippen molar-refractivity contribution in [2.45, 2.75) is 31.9 Å². The number of hydrogen-bond donors (Lipinski definition) is 1. The number of aryl methyl sites for hydroxylation is 2. The van der Waals surface area contributed by atoms with E-state index in [4.69, 9.17) is 0 Å². The molecule has 0 saturated carbocycles. The second-order valence-electron chi connectivity index (χ2n) is 5.82. The average Bonchev–Trinajstić information content (AvgIpc) is 2.36. The highest BCUT2D eigenvalue weighted by molar-refractivity contribution is 7.91. The Morgan fingerprint density at radius 3 is 2.14 bits per heavy atom. The number of rotatable bonds is 2. The first-order chi connectivity index (χ1) is 9.75. The van der Waals surface area contributed by atoms with E-state index in [-0.39, 0.29) is 11.3 Å². The number of likely N-dealkylation sites (tertiary alicyclic amines) is 1. The second kappa shape index (κ2) is 6.05. The van der Waals surface area contributed by atoms with Crippen molar-refractivity contribution in [2.24, 2.45) is 0 Å². The van der Waals surface area contributed by atoms with Crippen LogP contribution in [-0.4, -0.2) is 43.9 Å². The maximum atomic E-state index is 12.2. The van der Waals surface area contributed by atoms with Crippen LogP contribution < -0.4 is 5.32 Å². The molecule has 0 aliphatic carbocycles. The number of urea groups is 1. The summed E-state index contributed by atoms with van der Waals surface area (Å²) >= 11 is 0. The van der Waals surface area contributed by atoms with Gasteiger partial charge in [0.25, 0.3) is 0 Å². The molecule has 5 nitrogen and oxygen atoms in total. The van der Waals surface area contributed by atoms with Crippen molar-refractivity contribution in [3.63, 3.8) is 0 Å². The summed E-state index contributed by atoms with van der Waals surface area (Å²) in [6, 6.07) is 5.74. The lowest BCUT2D eigenvalue weighted by atomic mass is 10.1. The summed E-state index contributed by atoms with van der Waals surface area (Å²) in [5, 5.41) is 2.57. The molecule has 1 saturated heterocycles. The van der Waals surface area contributed by atoms with Crippen LogP contribution in [0.2, 0.25) is 0 Å². The van der Waals surface area contributed by atoms with Gasteiger partial charge in [-0.2, -0.15) is 0 Å². The Kier molecular flexibility index (Phi) is 4.56. The zero-order chi connectivity index (χ0) is 15.6. The molecule has 0 atom stereocenters. The third kappa shape index (κ3) is 4.20. The molecule has 1 aliphatic heterocycles. The second-order valence-corrected chi connectivity index (χ2v) is 8.15. The van der Waals surface area contributed by atoms with Crippen LogP contribution in [0.3, 0.4) is 0 Å². The molecular formula is C15H22N2O3S. The molecule has 1 heterocycles. The van der Waals surface area contributed by atoms with Crippen LogP contribution in [-0.2, 0) is 9.84 Å². The van der Waals surface area contributed by atoms with Crippen molar-refractivity contribution in [3.8, 4) is 0 Å². The Labute approximate surface area is 126 Å². The normalized spacial score (nSPS) is 16.8. The van der Waals surface area contributed by atoms with Crippen molar-refractivity contribution in [1.82, 2.24) is 4.90 Å². The van der Waals surface area contributed by atoms with Gasteiger partial charge in [-0.15, -0.1) is 0 Å². The molecule has 21 heavy (non-hydrogen) atoms. The van der Waals surface area contributed by atoms with Gasteiger partial charge >= 0.3 is 6.03 Å². The van der Waals surface area contributed by atoms with Crippen LogP contribution in [0.4, 0.5) is 10.5 Å². The van der Waals surface area contributed by atoms with Gasteiger partial charge in [0, 0.05) is 25.0 Å². The van der Waals surface area contributed by atoms with E-state index in [0.717, 1.165) is 16.8 Å². The van der Waals surface area contributed by atoms with Gasteiger partial charge < -0.3 is 10.2 Å². The van der Waals surface area contributed by atoms with Crippen LogP contribution in [0.5, 0.6) is 0 Å². The van der Waals surface area contributed by atoms with Crippen LogP contribution in [0.1, 0.15) is 24.0 Å². The summed E-state index contributed by atoms with van der Waals surface area (Å²) in [5.74, 6) is 0. The highest BCUT2D eigenvalue weighted by Crippen LogP contribution is 2.19. The van der Waals surface area contributed by atoms with Crippen molar-refractivity contribution in [1.29, 1.82) is 0 Å². The first kappa shape index (κ1) is 15.8. The molecule has 2 rings (SSSR count). The predicted octanol–water partition coefficient (Wildman–Crippen LogP) is 2.34. The third-order valence-electron chi connectivity index (χ3n) is 3.81. The third-order valence-corrected chi connectivity index (χ3v) is 5.49. The summed E-state index contributed by atoms with van der Waals surface area (Å²) in [6.07, 6.45) is 2.29. The number of sulfone groups is 1. The van der Waals surface area contributed by atoms with E-state index in [1.807, 2.05) is 32.0 Å². The summed E-state index contributed by atoms with van der Waals surface area (Å²) < 4.78 is 23.0. The largest absolute Gasteiger partial charge is 0.324 e. The molecular weight excluding hydrogens is 288 g/mol. The molecule has 1 aliphatic rings. The molecule has 0 unspecified atom stereocenters.